The lowest BCUT2D eigenvalue weighted by molar-refractivity contribution is 0.447. The van der Waals surface area contributed by atoms with E-state index in [0.29, 0.717) is 5.03 Å². The van der Waals surface area contributed by atoms with Crippen LogP contribution in [0.2, 0.25) is 0 Å². The molecule has 12 heavy (non-hydrogen) atoms. The minimum atomic E-state index is -1.49. The fourth-order valence-corrected chi connectivity index (χ4v) is 1.22. The summed E-state index contributed by atoms with van der Waals surface area (Å²) < 4.78 is 15.3. The van der Waals surface area contributed by atoms with Gasteiger partial charge in [0.25, 0.3) is 0 Å². The summed E-state index contributed by atoms with van der Waals surface area (Å²) in [5.74, 6) is 0.00981. The zero-order valence-corrected chi connectivity index (χ0v) is 8.22. The molecule has 0 aromatic rings. The largest absolute Gasteiger partial charge is 0.294 e. The van der Waals surface area contributed by atoms with E-state index < -0.39 is 11.1 Å². The van der Waals surface area contributed by atoms with E-state index in [0.717, 1.165) is 0 Å². The Bertz CT molecular complexity index is 255. The fraction of sp³-hybridized carbons (Fsp3) is 0.600. The minimum Gasteiger partial charge on any atom is -0.294 e. The van der Waals surface area contributed by atoms with E-state index in [2.05, 4.69) is 14.2 Å². The van der Waals surface area contributed by atoms with Crippen molar-refractivity contribution in [1.29, 1.82) is 0 Å². The second-order valence-electron chi connectivity index (χ2n) is 1.78. The van der Waals surface area contributed by atoms with E-state index in [9.17, 15) is 4.21 Å². The van der Waals surface area contributed by atoms with Crippen LogP contribution < -0.4 is 0 Å². The maximum atomic E-state index is 10.8. The summed E-state index contributed by atoms with van der Waals surface area (Å²) in [5.41, 5.74) is 8.33. The predicted octanol–water partition coefficient (Wildman–Crippen LogP) is 2.08. The molecule has 0 heterocycles. The number of nitrogens with zero attached hydrogens (tertiary/aromatic N) is 3. The highest BCUT2D eigenvalue weighted by molar-refractivity contribution is 7.80. The highest BCUT2D eigenvalue weighted by Crippen LogP contribution is 2.11. The van der Waals surface area contributed by atoms with Crippen molar-refractivity contribution in [3.05, 3.63) is 21.2 Å². The third-order valence-electron chi connectivity index (χ3n) is 1.00. The van der Waals surface area contributed by atoms with Crippen LogP contribution in [0.5, 0.6) is 0 Å². The van der Waals surface area contributed by atoms with Gasteiger partial charge in [-0.05, 0) is 12.5 Å². The topological polar surface area (TPSA) is 75.1 Å². The van der Waals surface area contributed by atoms with Gasteiger partial charge in [-0.3, -0.25) is 4.18 Å². The van der Waals surface area contributed by atoms with Crippen molar-refractivity contribution in [3.8, 4) is 0 Å². The van der Waals surface area contributed by atoms with E-state index in [1.165, 1.54) is 7.11 Å². The van der Waals surface area contributed by atoms with Gasteiger partial charge in [0.15, 0.2) is 11.1 Å². The van der Waals surface area contributed by atoms with Crippen molar-refractivity contribution in [2.75, 3.05) is 12.9 Å². The molecule has 0 radical (unpaired) electrons. The molecule has 0 aliphatic carbocycles. The molecule has 0 rings (SSSR count). The number of rotatable bonds is 4. The van der Waals surface area contributed by atoms with E-state index in [-0.39, 0.29) is 11.4 Å². The molecular weight excluding hydrogens is 202 g/mol. The lowest BCUT2D eigenvalue weighted by atomic mass is 10.5. The summed E-state index contributed by atoms with van der Waals surface area (Å²) in [7, 11) is 1.30. The van der Waals surface area contributed by atoms with Gasteiger partial charge < -0.3 is 0 Å². The summed E-state index contributed by atoms with van der Waals surface area (Å²) >= 11 is 4.06. The Balaban J connectivity index is 4.47. The molecule has 7 heteroatoms. The number of hydrogen-bond acceptors (Lipinski definition) is 3. The summed E-state index contributed by atoms with van der Waals surface area (Å²) in [4.78, 5) is 2.54. The first-order valence-electron chi connectivity index (χ1n) is 2.95. The number of allylic oxidation sites excluding steroid dienone is 1. The highest BCUT2D eigenvalue weighted by Gasteiger charge is 2.04. The van der Waals surface area contributed by atoms with Crippen LogP contribution in [-0.2, 0) is 15.3 Å². The molecule has 0 aliphatic rings. The first kappa shape index (κ1) is 11.4. The van der Waals surface area contributed by atoms with Crippen molar-refractivity contribution < 1.29 is 8.39 Å². The number of azide groups is 1. The molecule has 0 aromatic carbocycles. The van der Waals surface area contributed by atoms with Crippen LogP contribution in [0.3, 0.4) is 0 Å². The highest BCUT2D eigenvalue weighted by atomic mass is 35.5. The molecule has 0 amide bonds. The van der Waals surface area contributed by atoms with Gasteiger partial charge in [0, 0.05) is 15.6 Å². The molecule has 0 aromatic heterocycles. The lowest BCUT2D eigenvalue weighted by Gasteiger charge is -1.99. The van der Waals surface area contributed by atoms with Gasteiger partial charge in [-0.25, -0.2) is 4.21 Å². The SMILES string of the molecule is COS(=O)C/C(N=[N+]=[N-])=C(/C)Cl. The summed E-state index contributed by atoms with van der Waals surface area (Å²) in [6.07, 6.45) is 0. The number of hydrogen-bond donors (Lipinski definition) is 0. The van der Waals surface area contributed by atoms with Crippen LogP contribution in [0.1, 0.15) is 6.92 Å². The van der Waals surface area contributed by atoms with Crippen LogP contribution >= 0.6 is 11.6 Å². The van der Waals surface area contributed by atoms with Gasteiger partial charge >= 0.3 is 0 Å². The normalized spacial score (nSPS) is 14.6. The lowest BCUT2D eigenvalue weighted by Crippen LogP contribution is -2.01. The molecule has 0 aliphatic heterocycles. The quantitative estimate of drug-likeness (QED) is 0.404. The van der Waals surface area contributed by atoms with Crippen molar-refractivity contribution >= 4 is 22.7 Å². The summed E-state index contributed by atoms with van der Waals surface area (Å²) in [5, 5.41) is 3.58. The number of halogens is 1. The second kappa shape index (κ2) is 6.02. The Hall–Kier alpha value is -0.550. The Kier molecular flexibility index (Phi) is 5.74. The first-order chi connectivity index (χ1) is 5.61. The van der Waals surface area contributed by atoms with Crippen molar-refractivity contribution in [2.45, 2.75) is 6.92 Å². The van der Waals surface area contributed by atoms with Gasteiger partial charge in [-0.1, -0.05) is 16.7 Å². The van der Waals surface area contributed by atoms with Gasteiger partial charge in [-0.2, -0.15) is 0 Å². The van der Waals surface area contributed by atoms with Crippen molar-refractivity contribution in [3.63, 3.8) is 0 Å². The smallest absolute Gasteiger partial charge is 0.159 e. The second-order valence-corrected chi connectivity index (χ2v) is 3.58. The molecule has 0 N–H and O–H groups in total. The molecular formula is C5H8ClN3O2S. The Labute approximate surface area is 77.6 Å². The molecule has 0 bridgehead atoms. The van der Waals surface area contributed by atoms with E-state index >= 15 is 0 Å². The minimum absolute atomic E-state index is 0.00981. The van der Waals surface area contributed by atoms with Crippen molar-refractivity contribution in [1.82, 2.24) is 0 Å². The maximum absolute atomic E-state index is 10.8. The Morgan fingerprint density at radius 2 is 2.42 bits per heavy atom. The molecule has 0 saturated heterocycles. The van der Waals surface area contributed by atoms with Gasteiger partial charge in [-0.15, -0.1) is 0 Å². The monoisotopic (exact) mass is 209 g/mol. The molecule has 1 unspecified atom stereocenters. The average molecular weight is 210 g/mol. The van der Waals surface area contributed by atoms with E-state index in [1.54, 1.807) is 6.92 Å². The predicted molar refractivity (Wildman–Crippen MR) is 47.7 cm³/mol. The molecule has 5 nitrogen and oxygen atoms in total. The van der Waals surface area contributed by atoms with Crippen LogP contribution in [0, 0.1) is 0 Å². The molecule has 68 valence electrons. The fourth-order valence-electron chi connectivity index (χ4n) is 0.422. The van der Waals surface area contributed by atoms with Crippen LogP contribution in [0.4, 0.5) is 0 Å². The zero-order valence-electron chi connectivity index (χ0n) is 6.65. The molecule has 0 saturated carbocycles. The van der Waals surface area contributed by atoms with Gasteiger partial charge in [0.05, 0.1) is 12.9 Å². The van der Waals surface area contributed by atoms with Gasteiger partial charge in [0.1, 0.15) is 0 Å². The summed E-state index contributed by atoms with van der Waals surface area (Å²) in [6, 6.07) is 0. The van der Waals surface area contributed by atoms with Crippen LogP contribution in [0.25, 0.3) is 10.4 Å². The molecule has 1 atom stereocenters. The zero-order chi connectivity index (χ0) is 9.56. The average Bonchev–Trinajstić information content (AvgIpc) is 2.03. The third-order valence-corrected chi connectivity index (χ3v) is 2.10. The van der Waals surface area contributed by atoms with Crippen molar-refractivity contribution in [2.24, 2.45) is 5.11 Å². The van der Waals surface area contributed by atoms with E-state index in [4.69, 9.17) is 17.1 Å². The maximum Gasteiger partial charge on any atom is 0.159 e. The Morgan fingerprint density at radius 3 is 2.75 bits per heavy atom. The van der Waals surface area contributed by atoms with E-state index in [1.807, 2.05) is 0 Å². The van der Waals surface area contributed by atoms with Crippen LogP contribution in [-0.4, -0.2) is 17.1 Å². The van der Waals surface area contributed by atoms with Gasteiger partial charge in [0.2, 0.25) is 0 Å². The summed E-state index contributed by atoms with van der Waals surface area (Å²) in [6.45, 7) is 1.55. The Morgan fingerprint density at radius 1 is 1.83 bits per heavy atom. The first-order valence-corrected chi connectivity index (χ1v) is 4.57. The standard InChI is InChI=1S/C5H8ClN3O2S/c1-4(6)5(8-9-7)3-12(10)11-2/h3H2,1-2H3/b5-4+. The molecule has 0 spiro atoms. The molecule has 0 fully saturated rings. The third kappa shape index (κ3) is 4.35. The van der Waals surface area contributed by atoms with Crippen LogP contribution in [0.15, 0.2) is 15.8 Å².